The summed E-state index contributed by atoms with van der Waals surface area (Å²) in [5, 5.41) is 7.40. The number of fused-ring (bicyclic) bond motifs is 1. The minimum absolute atomic E-state index is 0. The molecule has 2 heterocycles. The summed E-state index contributed by atoms with van der Waals surface area (Å²) in [6, 6.07) is 10.2. The molecule has 1 amide bonds. The quantitative estimate of drug-likeness (QED) is 0.884. The zero-order chi connectivity index (χ0) is 14.7. The van der Waals surface area contributed by atoms with Gasteiger partial charge in [-0.2, -0.15) is 0 Å². The molecule has 0 unspecified atom stereocenters. The van der Waals surface area contributed by atoms with Crippen molar-refractivity contribution in [3.05, 3.63) is 41.6 Å². The zero-order valence-electron chi connectivity index (χ0n) is 13.2. The number of aryl methyl sites for hydroxylation is 1. The predicted molar refractivity (Wildman–Crippen MR) is 99.0 cm³/mol. The topological polar surface area (TPSA) is 54.0 Å². The van der Waals surface area contributed by atoms with Gasteiger partial charge in [-0.25, -0.2) is 0 Å². The maximum Gasteiger partial charge on any atom is 0.252 e. The van der Waals surface area contributed by atoms with Gasteiger partial charge in [-0.3, -0.25) is 9.78 Å². The van der Waals surface area contributed by atoms with E-state index in [9.17, 15) is 4.79 Å². The van der Waals surface area contributed by atoms with Crippen LogP contribution >= 0.6 is 24.8 Å². The monoisotopic (exact) mass is 355 g/mol. The highest BCUT2D eigenvalue weighted by Gasteiger charge is 2.15. The highest BCUT2D eigenvalue weighted by molar-refractivity contribution is 6.06. The third-order valence-corrected chi connectivity index (χ3v) is 4.03. The van der Waals surface area contributed by atoms with Crippen LogP contribution in [0.4, 0.5) is 0 Å². The lowest BCUT2D eigenvalue weighted by Crippen LogP contribution is -2.30. The second-order valence-corrected chi connectivity index (χ2v) is 5.67. The van der Waals surface area contributed by atoms with Crippen LogP contribution in [0.3, 0.4) is 0 Å². The normalized spacial score (nSPS) is 16.5. The van der Waals surface area contributed by atoms with E-state index in [4.69, 9.17) is 0 Å². The second-order valence-electron chi connectivity index (χ2n) is 5.67. The van der Waals surface area contributed by atoms with Crippen molar-refractivity contribution in [3.63, 3.8) is 0 Å². The van der Waals surface area contributed by atoms with Gasteiger partial charge < -0.3 is 10.6 Å². The molecule has 0 aliphatic carbocycles. The van der Waals surface area contributed by atoms with Crippen molar-refractivity contribution in [2.24, 2.45) is 0 Å². The molecular formula is C17H23Cl2N3O. The second kappa shape index (κ2) is 9.06. The van der Waals surface area contributed by atoms with Gasteiger partial charge in [0.2, 0.25) is 0 Å². The van der Waals surface area contributed by atoms with E-state index in [1.807, 2.05) is 37.3 Å². The molecule has 1 saturated heterocycles. The number of nitrogens with zero attached hydrogens (tertiary/aromatic N) is 1. The van der Waals surface area contributed by atoms with E-state index in [0.717, 1.165) is 35.1 Å². The van der Waals surface area contributed by atoms with Crippen molar-refractivity contribution < 1.29 is 4.79 Å². The van der Waals surface area contributed by atoms with Crippen LogP contribution in [0, 0.1) is 6.92 Å². The van der Waals surface area contributed by atoms with Crippen LogP contribution in [0.25, 0.3) is 10.9 Å². The van der Waals surface area contributed by atoms with E-state index in [2.05, 4.69) is 15.6 Å². The number of para-hydroxylation sites is 1. The van der Waals surface area contributed by atoms with Crippen LogP contribution < -0.4 is 10.6 Å². The third-order valence-electron chi connectivity index (χ3n) is 4.03. The van der Waals surface area contributed by atoms with Crippen LogP contribution in [-0.4, -0.2) is 30.0 Å². The van der Waals surface area contributed by atoms with Crippen LogP contribution in [0.1, 0.15) is 35.3 Å². The first-order chi connectivity index (χ1) is 10.2. The predicted octanol–water partition coefficient (Wildman–Crippen LogP) is 3.26. The lowest BCUT2D eigenvalue weighted by atomic mass is 10.1. The lowest BCUT2D eigenvalue weighted by molar-refractivity contribution is 0.0954. The van der Waals surface area contributed by atoms with E-state index in [1.54, 1.807) is 0 Å². The first-order valence-electron chi connectivity index (χ1n) is 7.62. The zero-order valence-corrected chi connectivity index (χ0v) is 14.8. The molecule has 1 aliphatic heterocycles. The average Bonchev–Trinajstić information content (AvgIpc) is 2.99. The number of carbonyl (C=O) groups is 1. The summed E-state index contributed by atoms with van der Waals surface area (Å²) in [5.74, 6) is -0.00491. The fraction of sp³-hybridized carbons (Fsp3) is 0.412. The Morgan fingerprint density at radius 1 is 1.35 bits per heavy atom. The minimum Gasteiger partial charge on any atom is -0.352 e. The molecule has 1 atom stereocenters. The summed E-state index contributed by atoms with van der Waals surface area (Å²) in [4.78, 5) is 16.9. The molecular weight excluding hydrogens is 333 g/mol. The Morgan fingerprint density at radius 3 is 2.87 bits per heavy atom. The van der Waals surface area contributed by atoms with Crippen molar-refractivity contribution in [1.82, 2.24) is 15.6 Å². The Bertz CT molecular complexity index is 657. The van der Waals surface area contributed by atoms with E-state index < -0.39 is 0 Å². The van der Waals surface area contributed by atoms with E-state index in [0.29, 0.717) is 12.6 Å². The van der Waals surface area contributed by atoms with Gasteiger partial charge in [0, 0.05) is 23.7 Å². The summed E-state index contributed by atoms with van der Waals surface area (Å²) in [7, 11) is 0. The summed E-state index contributed by atoms with van der Waals surface area (Å²) >= 11 is 0. The van der Waals surface area contributed by atoms with Crippen LogP contribution in [0.2, 0.25) is 0 Å². The Morgan fingerprint density at radius 2 is 2.13 bits per heavy atom. The third kappa shape index (κ3) is 4.80. The molecule has 0 saturated carbocycles. The fourth-order valence-electron chi connectivity index (χ4n) is 2.95. The number of halogens is 2. The highest BCUT2D eigenvalue weighted by Crippen LogP contribution is 2.18. The molecule has 0 bridgehead atoms. The molecule has 23 heavy (non-hydrogen) atoms. The number of hydrogen-bond donors (Lipinski definition) is 2. The van der Waals surface area contributed by atoms with Crippen LogP contribution in [0.15, 0.2) is 30.3 Å². The molecule has 3 rings (SSSR count). The Hall–Kier alpha value is -1.36. The molecule has 6 heteroatoms. The summed E-state index contributed by atoms with van der Waals surface area (Å²) in [6.45, 7) is 3.74. The van der Waals surface area contributed by atoms with Gasteiger partial charge in [0.15, 0.2) is 0 Å². The molecule has 4 nitrogen and oxygen atoms in total. The first-order valence-corrected chi connectivity index (χ1v) is 7.62. The van der Waals surface area contributed by atoms with Gasteiger partial charge in [0.25, 0.3) is 5.91 Å². The molecule has 2 N–H and O–H groups in total. The van der Waals surface area contributed by atoms with E-state index in [-0.39, 0.29) is 30.7 Å². The molecule has 1 aliphatic rings. The van der Waals surface area contributed by atoms with Crippen molar-refractivity contribution in [1.29, 1.82) is 0 Å². The molecule has 1 aromatic heterocycles. The van der Waals surface area contributed by atoms with Gasteiger partial charge in [0.1, 0.15) is 0 Å². The van der Waals surface area contributed by atoms with Gasteiger partial charge in [-0.15, -0.1) is 24.8 Å². The summed E-state index contributed by atoms with van der Waals surface area (Å²) in [6.07, 6.45) is 3.45. The Kier molecular flexibility index (Phi) is 7.76. The standard InChI is InChI=1S/C17H21N3O.2ClH/c1-12-11-15(14-6-2-3-7-16(14)20-12)17(21)19-10-8-13-5-4-9-18-13;;/h2-3,6-7,11,13,18H,4-5,8-10H2,1H3,(H,19,21);2*1H/t13-;;/m1../s1. The number of amides is 1. The lowest BCUT2D eigenvalue weighted by Gasteiger charge is -2.12. The Labute approximate surface area is 149 Å². The molecule has 1 fully saturated rings. The molecule has 0 radical (unpaired) electrons. The average molecular weight is 356 g/mol. The number of nitrogens with one attached hydrogen (secondary N) is 2. The molecule has 1 aromatic carbocycles. The molecule has 0 spiro atoms. The van der Waals surface area contributed by atoms with Crippen LogP contribution in [-0.2, 0) is 0 Å². The molecule has 126 valence electrons. The minimum atomic E-state index is -0.00491. The fourth-order valence-corrected chi connectivity index (χ4v) is 2.95. The largest absolute Gasteiger partial charge is 0.352 e. The Balaban J connectivity index is 0.00000132. The number of pyridine rings is 1. The van der Waals surface area contributed by atoms with Crippen molar-refractivity contribution in [2.75, 3.05) is 13.1 Å². The van der Waals surface area contributed by atoms with Crippen molar-refractivity contribution in [3.8, 4) is 0 Å². The van der Waals surface area contributed by atoms with Crippen LogP contribution in [0.5, 0.6) is 0 Å². The number of aromatic nitrogens is 1. The first kappa shape index (κ1) is 19.7. The van der Waals surface area contributed by atoms with Gasteiger partial charge in [0.05, 0.1) is 11.1 Å². The smallest absolute Gasteiger partial charge is 0.252 e. The number of rotatable bonds is 4. The van der Waals surface area contributed by atoms with Crippen molar-refractivity contribution >= 4 is 41.6 Å². The van der Waals surface area contributed by atoms with Gasteiger partial charge in [-0.05, 0) is 44.9 Å². The SMILES string of the molecule is Cc1cc(C(=O)NCC[C@H]2CCCN2)c2ccccc2n1.Cl.Cl. The van der Waals surface area contributed by atoms with E-state index in [1.165, 1.54) is 12.8 Å². The maximum atomic E-state index is 12.4. The van der Waals surface area contributed by atoms with Gasteiger partial charge >= 0.3 is 0 Å². The van der Waals surface area contributed by atoms with Crippen molar-refractivity contribution in [2.45, 2.75) is 32.2 Å². The maximum absolute atomic E-state index is 12.4. The van der Waals surface area contributed by atoms with E-state index >= 15 is 0 Å². The highest BCUT2D eigenvalue weighted by atomic mass is 35.5. The number of hydrogen-bond acceptors (Lipinski definition) is 3. The number of carbonyl (C=O) groups excluding carboxylic acids is 1. The summed E-state index contributed by atoms with van der Waals surface area (Å²) < 4.78 is 0. The molecule has 2 aromatic rings. The number of benzene rings is 1. The summed E-state index contributed by atoms with van der Waals surface area (Å²) in [5.41, 5.74) is 2.47. The van der Waals surface area contributed by atoms with Gasteiger partial charge in [-0.1, -0.05) is 18.2 Å².